The van der Waals surface area contributed by atoms with E-state index in [2.05, 4.69) is 10.2 Å². The number of thioether (sulfide) groups is 1. The van der Waals surface area contributed by atoms with Gasteiger partial charge < -0.3 is 20.5 Å². The van der Waals surface area contributed by atoms with Crippen molar-refractivity contribution in [1.29, 1.82) is 0 Å². The Balaban J connectivity index is 2.02. The van der Waals surface area contributed by atoms with Crippen LogP contribution in [0.3, 0.4) is 0 Å². The summed E-state index contributed by atoms with van der Waals surface area (Å²) in [6.07, 6.45) is -0.512. The summed E-state index contributed by atoms with van der Waals surface area (Å²) in [7, 11) is 0. The number of aromatic nitrogens is 2. The maximum Gasteiger partial charge on any atom is 0.410 e. The molecule has 1 aromatic rings. The number of nitrogens with two attached hydrogens (primary N) is 1. The highest BCUT2D eigenvalue weighted by atomic mass is 32.2. The fourth-order valence-electron chi connectivity index (χ4n) is 2.04. The average Bonchev–Trinajstić information content (AvgIpc) is 2.67. The van der Waals surface area contributed by atoms with Crippen LogP contribution in [0.15, 0.2) is 4.34 Å². The van der Waals surface area contributed by atoms with Crippen LogP contribution in [0.2, 0.25) is 0 Å². The van der Waals surface area contributed by atoms with Crippen LogP contribution in [0.4, 0.5) is 9.93 Å². The van der Waals surface area contributed by atoms with Crippen LogP contribution in [0, 0.1) is 0 Å². The molecule has 22 heavy (non-hydrogen) atoms. The number of nitrogens with zero attached hydrogens (tertiary/aromatic N) is 3. The van der Waals surface area contributed by atoms with Gasteiger partial charge in [-0.3, -0.25) is 4.79 Å². The maximum absolute atomic E-state index is 12.0. The summed E-state index contributed by atoms with van der Waals surface area (Å²) in [6, 6.07) is 0. The Kier molecular flexibility index (Phi) is 4.52. The number of likely N-dealkylation sites (tertiary alicyclic amines) is 1. The van der Waals surface area contributed by atoms with E-state index in [4.69, 9.17) is 15.6 Å². The van der Waals surface area contributed by atoms with Crippen molar-refractivity contribution in [2.75, 3.05) is 18.8 Å². The second-order valence-corrected chi connectivity index (χ2v) is 8.82. The number of rotatable bonds is 4. The lowest BCUT2D eigenvalue weighted by Gasteiger charge is -2.48. The van der Waals surface area contributed by atoms with Crippen LogP contribution in [-0.4, -0.2) is 55.7 Å². The molecule has 0 aromatic carbocycles. The van der Waals surface area contributed by atoms with Gasteiger partial charge in [-0.2, -0.15) is 0 Å². The lowest BCUT2D eigenvalue weighted by atomic mass is 9.95. The number of anilines is 1. The number of carbonyl (C=O) groups excluding carboxylic acids is 1. The highest BCUT2D eigenvalue weighted by Crippen LogP contribution is 2.44. The maximum atomic E-state index is 12.0. The van der Waals surface area contributed by atoms with Gasteiger partial charge in [-0.15, -0.1) is 10.2 Å². The number of aliphatic carboxylic acids is 1. The van der Waals surface area contributed by atoms with Crippen LogP contribution in [0.5, 0.6) is 0 Å². The first-order valence-electron chi connectivity index (χ1n) is 6.56. The molecule has 1 aliphatic rings. The number of amides is 1. The van der Waals surface area contributed by atoms with Gasteiger partial charge in [0.05, 0.1) is 11.2 Å². The number of carboxylic acids is 1. The van der Waals surface area contributed by atoms with Crippen molar-refractivity contribution in [3.8, 4) is 0 Å². The van der Waals surface area contributed by atoms with Gasteiger partial charge in [-0.05, 0) is 20.8 Å². The molecule has 0 radical (unpaired) electrons. The zero-order valence-corrected chi connectivity index (χ0v) is 14.2. The van der Waals surface area contributed by atoms with Crippen LogP contribution >= 0.6 is 23.1 Å². The quantitative estimate of drug-likeness (QED) is 0.845. The van der Waals surface area contributed by atoms with Gasteiger partial charge in [0.2, 0.25) is 5.13 Å². The first-order valence-corrected chi connectivity index (χ1v) is 8.20. The molecule has 1 aliphatic heterocycles. The predicted octanol–water partition coefficient (Wildman–Crippen LogP) is 1.68. The van der Waals surface area contributed by atoms with E-state index in [0.29, 0.717) is 22.6 Å². The van der Waals surface area contributed by atoms with Crippen molar-refractivity contribution in [2.24, 2.45) is 0 Å². The normalized spacial score (nSPS) is 17.0. The highest BCUT2D eigenvalue weighted by Gasteiger charge is 2.49. The minimum Gasteiger partial charge on any atom is -0.481 e. The van der Waals surface area contributed by atoms with E-state index in [1.165, 1.54) is 28.0 Å². The zero-order chi connectivity index (χ0) is 16.5. The molecule has 2 heterocycles. The number of nitrogen functional groups attached to an aromatic ring is 1. The van der Waals surface area contributed by atoms with Crippen LogP contribution in [0.1, 0.15) is 27.2 Å². The molecule has 0 unspecified atom stereocenters. The van der Waals surface area contributed by atoms with Crippen molar-refractivity contribution in [3.63, 3.8) is 0 Å². The Bertz CT molecular complexity index is 578. The van der Waals surface area contributed by atoms with Crippen LogP contribution in [0.25, 0.3) is 0 Å². The van der Waals surface area contributed by atoms with E-state index >= 15 is 0 Å². The summed E-state index contributed by atoms with van der Waals surface area (Å²) in [5.41, 5.74) is 4.95. The third-order valence-electron chi connectivity index (χ3n) is 2.81. The minimum atomic E-state index is -0.922. The molecule has 0 saturated carbocycles. The molecule has 2 rings (SSSR count). The second kappa shape index (κ2) is 5.92. The average molecular weight is 346 g/mol. The summed E-state index contributed by atoms with van der Waals surface area (Å²) >= 11 is 2.50. The smallest absolute Gasteiger partial charge is 0.410 e. The number of hydrogen-bond acceptors (Lipinski definition) is 8. The van der Waals surface area contributed by atoms with E-state index in [9.17, 15) is 9.59 Å². The molecular weight excluding hydrogens is 328 g/mol. The number of carboxylic acid groups (broad SMARTS) is 1. The molecule has 3 N–H and O–H groups in total. The van der Waals surface area contributed by atoms with Crippen molar-refractivity contribution < 1.29 is 19.4 Å². The standard InChI is InChI=1S/C12H18N4O4S2/c1-11(2,3)20-10(19)16-5-12(6-16,4-7(17)18)22-9-15-14-8(13)21-9/h4-6H2,1-3H3,(H2,13,14)(H,17,18). The largest absolute Gasteiger partial charge is 0.481 e. The van der Waals surface area contributed by atoms with Crippen LogP contribution in [-0.2, 0) is 9.53 Å². The summed E-state index contributed by atoms with van der Waals surface area (Å²) in [5, 5.41) is 17.0. The first kappa shape index (κ1) is 16.8. The zero-order valence-electron chi connectivity index (χ0n) is 12.5. The second-order valence-electron chi connectivity index (χ2n) is 6.10. The third-order valence-corrected chi connectivity index (χ3v) is 4.95. The van der Waals surface area contributed by atoms with Gasteiger partial charge in [-0.1, -0.05) is 23.1 Å². The van der Waals surface area contributed by atoms with E-state index in [-0.39, 0.29) is 6.42 Å². The minimum absolute atomic E-state index is 0.0730. The molecule has 0 atom stereocenters. The molecule has 0 bridgehead atoms. The third kappa shape index (κ3) is 4.23. The fraction of sp³-hybridized carbons (Fsp3) is 0.667. The topological polar surface area (TPSA) is 119 Å². The van der Waals surface area contributed by atoms with Crippen molar-refractivity contribution in [1.82, 2.24) is 15.1 Å². The molecule has 0 spiro atoms. The van der Waals surface area contributed by atoms with Gasteiger partial charge in [0.1, 0.15) is 5.60 Å². The fourth-order valence-corrected chi connectivity index (χ4v) is 4.42. The number of hydrogen-bond donors (Lipinski definition) is 2. The molecule has 1 amide bonds. The molecule has 1 fully saturated rings. The van der Waals surface area contributed by atoms with Gasteiger partial charge in [0, 0.05) is 13.1 Å². The Morgan fingerprint density at radius 1 is 1.45 bits per heavy atom. The van der Waals surface area contributed by atoms with E-state index in [1.807, 2.05) is 0 Å². The monoisotopic (exact) mass is 346 g/mol. The van der Waals surface area contributed by atoms with Gasteiger partial charge >= 0.3 is 12.1 Å². The summed E-state index contributed by atoms with van der Waals surface area (Å²) in [5.74, 6) is -0.922. The summed E-state index contributed by atoms with van der Waals surface area (Å²) < 4.78 is 5.26. The molecule has 0 aliphatic carbocycles. The van der Waals surface area contributed by atoms with E-state index in [1.54, 1.807) is 20.8 Å². The Morgan fingerprint density at radius 2 is 2.09 bits per heavy atom. The predicted molar refractivity (Wildman–Crippen MR) is 83.0 cm³/mol. The first-order chi connectivity index (χ1) is 10.1. The van der Waals surface area contributed by atoms with Crippen molar-refractivity contribution in [2.45, 2.75) is 41.9 Å². The summed E-state index contributed by atoms with van der Waals surface area (Å²) in [6.45, 7) is 5.94. The van der Waals surface area contributed by atoms with E-state index in [0.717, 1.165) is 0 Å². The molecule has 1 saturated heterocycles. The Labute approximate surface area is 136 Å². The molecular formula is C12H18N4O4S2. The Morgan fingerprint density at radius 3 is 2.55 bits per heavy atom. The molecule has 10 heteroatoms. The van der Waals surface area contributed by atoms with Crippen molar-refractivity contribution >= 4 is 40.3 Å². The summed E-state index contributed by atoms with van der Waals surface area (Å²) in [4.78, 5) is 24.6. The molecule has 8 nitrogen and oxygen atoms in total. The number of carbonyl (C=O) groups is 2. The van der Waals surface area contributed by atoms with Crippen LogP contribution < -0.4 is 5.73 Å². The lowest BCUT2D eigenvalue weighted by molar-refractivity contribution is -0.138. The van der Waals surface area contributed by atoms with Gasteiger partial charge in [0.15, 0.2) is 4.34 Å². The lowest BCUT2D eigenvalue weighted by Crippen LogP contribution is -2.62. The highest BCUT2D eigenvalue weighted by molar-refractivity contribution is 8.02. The van der Waals surface area contributed by atoms with Crippen molar-refractivity contribution in [3.05, 3.63) is 0 Å². The molecule has 122 valence electrons. The molecule has 1 aromatic heterocycles. The van der Waals surface area contributed by atoms with Gasteiger partial charge in [0.25, 0.3) is 0 Å². The number of ether oxygens (including phenoxy) is 1. The Hall–Kier alpha value is -1.55. The van der Waals surface area contributed by atoms with E-state index < -0.39 is 22.4 Å². The van der Waals surface area contributed by atoms with Gasteiger partial charge in [-0.25, -0.2) is 4.79 Å². The SMILES string of the molecule is CC(C)(C)OC(=O)N1CC(CC(=O)O)(Sc2nnc(N)s2)C1.